The smallest absolute Gasteiger partial charge is 0.247 e. The Balaban J connectivity index is 1.75. The lowest BCUT2D eigenvalue weighted by Gasteiger charge is -2.29. The van der Waals surface area contributed by atoms with Gasteiger partial charge in [-0.05, 0) is 67.7 Å². The van der Waals surface area contributed by atoms with Gasteiger partial charge in [-0.2, -0.15) is 0 Å². The summed E-state index contributed by atoms with van der Waals surface area (Å²) in [7, 11) is 0. The average Bonchev–Trinajstić information content (AvgIpc) is 3.07. The minimum absolute atomic E-state index is 0.0847. The van der Waals surface area contributed by atoms with E-state index in [2.05, 4.69) is 48.6 Å². The van der Waals surface area contributed by atoms with Gasteiger partial charge in [0.05, 0.1) is 5.92 Å². The summed E-state index contributed by atoms with van der Waals surface area (Å²) in [6.07, 6.45) is 3.97. The summed E-state index contributed by atoms with van der Waals surface area (Å²) in [6, 6.07) is 16.0. The van der Waals surface area contributed by atoms with Crippen LogP contribution >= 0.6 is 0 Å². The summed E-state index contributed by atoms with van der Waals surface area (Å²) in [5, 5.41) is 12.3. The third kappa shape index (κ3) is 7.90. The lowest BCUT2D eigenvalue weighted by atomic mass is 9.81. The molecule has 1 aliphatic rings. The van der Waals surface area contributed by atoms with Gasteiger partial charge < -0.3 is 10.2 Å². The van der Waals surface area contributed by atoms with Gasteiger partial charge in [-0.25, -0.2) is 5.48 Å². The first kappa shape index (κ1) is 29.4. The molecular formula is C31H43N3O4. The molecule has 1 heterocycles. The molecule has 2 aromatic carbocycles. The molecule has 0 radical (unpaired) electrons. The number of carbonyl (C=O) groups is 3. The standard InChI is InChI=1S/C31H43N3O4/c1-5-9-26(30(36)33-38)27(18-21(2)3)29(35)32-28-12-6-7-17-34(31(28)37)20-23-10-8-11-25(19-23)24-15-13-22(4)14-16-24/h8,10-11,13-16,19,21,26-28,38H,5-7,9,12,17-18,20H2,1-4H3,(H,32,35)(H,33,36)/t26-,27?,28?/m0/s1. The van der Waals surface area contributed by atoms with Crippen LogP contribution in [0.5, 0.6) is 0 Å². The summed E-state index contributed by atoms with van der Waals surface area (Å²) < 4.78 is 0. The zero-order chi connectivity index (χ0) is 27.7. The normalized spacial score (nSPS) is 17.6. The van der Waals surface area contributed by atoms with Gasteiger partial charge in [0.25, 0.3) is 0 Å². The van der Waals surface area contributed by atoms with Crippen molar-refractivity contribution in [1.82, 2.24) is 15.7 Å². The molecule has 3 N–H and O–H groups in total. The monoisotopic (exact) mass is 521 g/mol. The average molecular weight is 522 g/mol. The van der Waals surface area contributed by atoms with E-state index in [1.54, 1.807) is 5.48 Å². The second-order valence-electron chi connectivity index (χ2n) is 11.0. The number of hydrogen-bond donors (Lipinski definition) is 3. The van der Waals surface area contributed by atoms with Gasteiger partial charge in [-0.1, -0.05) is 75.2 Å². The molecule has 0 bridgehead atoms. The van der Waals surface area contributed by atoms with Crippen LogP contribution in [0, 0.1) is 24.7 Å². The van der Waals surface area contributed by atoms with E-state index < -0.39 is 23.8 Å². The number of aryl methyl sites for hydroxylation is 1. The first-order valence-corrected chi connectivity index (χ1v) is 13.9. The fraction of sp³-hybridized carbons (Fsp3) is 0.516. The van der Waals surface area contributed by atoms with Crippen molar-refractivity contribution < 1.29 is 19.6 Å². The Hall–Kier alpha value is -3.19. The number of nitrogens with zero attached hydrogens (tertiary/aromatic N) is 1. The molecular weight excluding hydrogens is 478 g/mol. The molecule has 38 heavy (non-hydrogen) atoms. The second-order valence-corrected chi connectivity index (χ2v) is 11.0. The molecule has 3 amide bonds. The molecule has 7 heteroatoms. The molecule has 3 rings (SSSR count). The number of rotatable bonds is 11. The van der Waals surface area contributed by atoms with E-state index in [9.17, 15) is 19.6 Å². The molecule has 0 spiro atoms. The minimum Gasteiger partial charge on any atom is -0.344 e. The van der Waals surface area contributed by atoms with Crippen LogP contribution in [0.25, 0.3) is 11.1 Å². The Labute approximate surface area is 227 Å². The highest BCUT2D eigenvalue weighted by molar-refractivity contribution is 5.91. The van der Waals surface area contributed by atoms with E-state index in [4.69, 9.17) is 0 Å². The third-order valence-corrected chi connectivity index (χ3v) is 7.38. The number of carbonyl (C=O) groups excluding carboxylic acids is 3. The van der Waals surface area contributed by atoms with Crippen LogP contribution in [0.15, 0.2) is 48.5 Å². The lowest BCUT2D eigenvalue weighted by Crippen LogP contribution is -2.51. The van der Waals surface area contributed by atoms with Crippen LogP contribution in [0.1, 0.15) is 70.4 Å². The number of hydroxylamine groups is 1. The van der Waals surface area contributed by atoms with Crippen molar-refractivity contribution in [2.24, 2.45) is 17.8 Å². The number of likely N-dealkylation sites (tertiary alicyclic amines) is 1. The molecule has 1 fully saturated rings. The van der Waals surface area contributed by atoms with Crippen molar-refractivity contribution in [3.05, 3.63) is 59.7 Å². The molecule has 0 aromatic heterocycles. The van der Waals surface area contributed by atoms with Crippen LogP contribution in [-0.4, -0.2) is 40.4 Å². The van der Waals surface area contributed by atoms with Crippen molar-refractivity contribution in [3.63, 3.8) is 0 Å². The SMILES string of the molecule is CCC[C@H](C(=O)NO)C(CC(C)C)C(=O)NC1CCCCN(Cc2cccc(-c3ccc(C)cc3)c2)C1=O. The van der Waals surface area contributed by atoms with Crippen LogP contribution in [-0.2, 0) is 20.9 Å². The zero-order valence-corrected chi connectivity index (χ0v) is 23.2. The largest absolute Gasteiger partial charge is 0.344 e. The number of nitrogens with one attached hydrogen (secondary N) is 2. The van der Waals surface area contributed by atoms with Gasteiger partial charge in [0.15, 0.2) is 0 Å². The molecule has 0 saturated carbocycles. The first-order valence-electron chi connectivity index (χ1n) is 13.9. The van der Waals surface area contributed by atoms with E-state index in [0.717, 1.165) is 29.5 Å². The molecule has 3 atom stereocenters. The molecule has 2 unspecified atom stereocenters. The Morgan fingerprint density at radius 1 is 1.03 bits per heavy atom. The van der Waals surface area contributed by atoms with Crippen molar-refractivity contribution in [3.8, 4) is 11.1 Å². The predicted molar refractivity (Wildman–Crippen MR) is 149 cm³/mol. The van der Waals surface area contributed by atoms with E-state index in [0.29, 0.717) is 38.8 Å². The Morgan fingerprint density at radius 3 is 2.42 bits per heavy atom. The van der Waals surface area contributed by atoms with Crippen molar-refractivity contribution >= 4 is 17.7 Å². The quantitative estimate of drug-likeness (QED) is 0.278. The number of benzene rings is 2. The van der Waals surface area contributed by atoms with Crippen LogP contribution in [0.3, 0.4) is 0 Å². The van der Waals surface area contributed by atoms with E-state index in [-0.39, 0.29) is 17.7 Å². The van der Waals surface area contributed by atoms with Crippen LogP contribution < -0.4 is 10.8 Å². The zero-order valence-electron chi connectivity index (χ0n) is 23.2. The summed E-state index contributed by atoms with van der Waals surface area (Å²) >= 11 is 0. The van der Waals surface area contributed by atoms with E-state index in [1.165, 1.54) is 5.56 Å². The maximum Gasteiger partial charge on any atom is 0.247 e. The maximum absolute atomic E-state index is 13.6. The maximum atomic E-state index is 13.6. The molecule has 1 saturated heterocycles. The van der Waals surface area contributed by atoms with E-state index in [1.807, 2.05) is 37.8 Å². The molecule has 206 valence electrons. The summed E-state index contributed by atoms with van der Waals surface area (Å²) in [4.78, 5) is 41.4. The van der Waals surface area contributed by atoms with Crippen molar-refractivity contribution in [2.75, 3.05) is 6.54 Å². The highest BCUT2D eigenvalue weighted by atomic mass is 16.5. The fourth-order valence-corrected chi connectivity index (χ4v) is 5.36. The molecule has 0 aliphatic carbocycles. The number of amides is 3. The van der Waals surface area contributed by atoms with Crippen LogP contribution in [0.4, 0.5) is 0 Å². The number of hydrogen-bond acceptors (Lipinski definition) is 4. The predicted octanol–water partition coefficient (Wildman–Crippen LogP) is 5.24. The Bertz CT molecular complexity index is 1080. The Kier molecular flexibility index (Phi) is 10.9. The second kappa shape index (κ2) is 14.1. The van der Waals surface area contributed by atoms with Crippen molar-refractivity contribution in [1.29, 1.82) is 0 Å². The van der Waals surface area contributed by atoms with Gasteiger partial charge in [-0.15, -0.1) is 0 Å². The van der Waals surface area contributed by atoms with Gasteiger partial charge in [0, 0.05) is 19.0 Å². The highest BCUT2D eigenvalue weighted by Crippen LogP contribution is 2.27. The van der Waals surface area contributed by atoms with Gasteiger partial charge in [-0.3, -0.25) is 19.6 Å². The first-order chi connectivity index (χ1) is 18.2. The Morgan fingerprint density at radius 2 is 1.76 bits per heavy atom. The molecule has 1 aliphatic heterocycles. The minimum atomic E-state index is -0.645. The third-order valence-electron chi connectivity index (χ3n) is 7.38. The summed E-state index contributed by atoms with van der Waals surface area (Å²) in [6.45, 7) is 9.14. The topological polar surface area (TPSA) is 98.7 Å². The van der Waals surface area contributed by atoms with Crippen LogP contribution in [0.2, 0.25) is 0 Å². The lowest BCUT2D eigenvalue weighted by molar-refractivity contribution is -0.143. The van der Waals surface area contributed by atoms with Crippen molar-refractivity contribution in [2.45, 2.75) is 78.8 Å². The highest BCUT2D eigenvalue weighted by Gasteiger charge is 2.36. The molecule has 7 nitrogen and oxygen atoms in total. The van der Waals surface area contributed by atoms with Gasteiger partial charge >= 0.3 is 0 Å². The van der Waals surface area contributed by atoms with E-state index >= 15 is 0 Å². The summed E-state index contributed by atoms with van der Waals surface area (Å²) in [5.74, 6) is -2.00. The molecule has 2 aromatic rings. The summed E-state index contributed by atoms with van der Waals surface area (Å²) in [5.41, 5.74) is 6.24. The van der Waals surface area contributed by atoms with Gasteiger partial charge in [0.2, 0.25) is 17.7 Å². The van der Waals surface area contributed by atoms with Gasteiger partial charge in [0.1, 0.15) is 6.04 Å². The fourth-order valence-electron chi connectivity index (χ4n) is 5.36.